The van der Waals surface area contributed by atoms with E-state index >= 15 is 0 Å². The average Bonchev–Trinajstić information content (AvgIpc) is 2.08. The molecule has 0 aromatic heterocycles. The third kappa shape index (κ3) is 2.18. The van der Waals surface area contributed by atoms with Gasteiger partial charge in [0.05, 0.1) is 5.92 Å². The van der Waals surface area contributed by atoms with Crippen LogP contribution in [0, 0.1) is 5.82 Å². The number of benzene rings is 1. The zero-order valence-electron chi connectivity index (χ0n) is 7.05. The Kier molecular flexibility index (Phi) is 2.88. The molecule has 0 fully saturated rings. The second-order valence-electron chi connectivity index (χ2n) is 2.80. The molecule has 1 aromatic rings. The van der Waals surface area contributed by atoms with Crippen LogP contribution in [0.15, 0.2) is 18.2 Å². The normalized spacial score (nSPS) is 12.5. The summed E-state index contributed by atoms with van der Waals surface area (Å²) in [6.45, 7) is 1.58. The van der Waals surface area contributed by atoms with E-state index in [-0.39, 0.29) is 0 Å². The fourth-order valence-corrected chi connectivity index (χ4v) is 1.16. The van der Waals surface area contributed by atoms with Gasteiger partial charge in [0.25, 0.3) is 0 Å². The number of anilines is 1. The van der Waals surface area contributed by atoms with E-state index in [2.05, 4.69) is 0 Å². The fraction of sp³-hybridized carbons (Fsp3) is 0.222. The SMILES string of the molecule is CC(C(=O)Cl)c1cc(F)ccc1N. The Bertz CT molecular complexity index is 340. The summed E-state index contributed by atoms with van der Waals surface area (Å²) in [5.41, 5.74) is 6.36. The predicted molar refractivity (Wildman–Crippen MR) is 50.1 cm³/mol. The first-order valence-corrected chi connectivity index (χ1v) is 4.14. The van der Waals surface area contributed by atoms with Gasteiger partial charge in [0.15, 0.2) is 0 Å². The number of carbonyl (C=O) groups excluding carboxylic acids is 1. The lowest BCUT2D eigenvalue weighted by Gasteiger charge is -2.09. The smallest absolute Gasteiger partial charge is 0.228 e. The van der Waals surface area contributed by atoms with Gasteiger partial charge in [-0.05, 0) is 35.4 Å². The van der Waals surface area contributed by atoms with Gasteiger partial charge in [-0.15, -0.1) is 0 Å². The van der Waals surface area contributed by atoms with Crippen molar-refractivity contribution in [3.63, 3.8) is 0 Å². The molecule has 70 valence electrons. The molecule has 13 heavy (non-hydrogen) atoms. The first kappa shape index (κ1) is 9.99. The molecule has 0 radical (unpaired) electrons. The second kappa shape index (κ2) is 3.75. The quantitative estimate of drug-likeness (QED) is 0.589. The van der Waals surface area contributed by atoms with Crippen molar-refractivity contribution < 1.29 is 9.18 Å². The van der Waals surface area contributed by atoms with E-state index in [1.807, 2.05) is 0 Å². The number of halogens is 2. The average molecular weight is 202 g/mol. The topological polar surface area (TPSA) is 43.1 Å². The summed E-state index contributed by atoms with van der Waals surface area (Å²) in [6, 6.07) is 3.88. The molecular formula is C9H9ClFNO. The summed E-state index contributed by atoms with van der Waals surface area (Å²) in [4.78, 5) is 10.8. The minimum Gasteiger partial charge on any atom is -0.398 e. The van der Waals surface area contributed by atoms with Crippen LogP contribution in [0.3, 0.4) is 0 Å². The van der Waals surface area contributed by atoms with Crippen LogP contribution in [-0.2, 0) is 4.79 Å². The highest BCUT2D eigenvalue weighted by Crippen LogP contribution is 2.24. The Morgan fingerprint density at radius 3 is 2.77 bits per heavy atom. The van der Waals surface area contributed by atoms with E-state index in [1.54, 1.807) is 6.92 Å². The molecule has 1 unspecified atom stereocenters. The fourth-order valence-electron chi connectivity index (χ4n) is 1.04. The van der Waals surface area contributed by atoms with Crippen molar-refractivity contribution >= 4 is 22.5 Å². The van der Waals surface area contributed by atoms with Crippen LogP contribution in [0.25, 0.3) is 0 Å². The van der Waals surface area contributed by atoms with Gasteiger partial charge < -0.3 is 5.73 Å². The summed E-state index contributed by atoms with van der Waals surface area (Å²) >= 11 is 5.27. The molecule has 2 nitrogen and oxygen atoms in total. The van der Waals surface area contributed by atoms with E-state index in [9.17, 15) is 9.18 Å². The zero-order chi connectivity index (χ0) is 10.0. The summed E-state index contributed by atoms with van der Waals surface area (Å²) < 4.78 is 12.8. The number of nitrogens with two attached hydrogens (primary N) is 1. The maximum atomic E-state index is 12.8. The van der Waals surface area contributed by atoms with Crippen LogP contribution in [0.1, 0.15) is 18.4 Å². The van der Waals surface area contributed by atoms with Crippen LogP contribution in [0.2, 0.25) is 0 Å². The van der Waals surface area contributed by atoms with Crippen molar-refractivity contribution in [2.45, 2.75) is 12.8 Å². The molecule has 0 aliphatic heterocycles. The molecule has 2 N–H and O–H groups in total. The molecule has 0 amide bonds. The minimum absolute atomic E-state index is 0.378. The first-order valence-electron chi connectivity index (χ1n) is 3.76. The Morgan fingerprint density at radius 2 is 2.23 bits per heavy atom. The highest BCUT2D eigenvalue weighted by molar-refractivity contribution is 6.64. The standard InChI is InChI=1S/C9H9ClFNO/c1-5(9(10)13)7-4-6(11)2-3-8(7)12/h2-5H,12H2,1H3. The van der Waals surface area contributed by atoms with Crippen LogP contribution >= 0.6 is 11.6 Å². The number of rotatable bonds is 2. The second-order valence-corrected chi connectivity index (χ2v) is 3.17. The minimum atomic E-state index is -0.572. The van der Waals surface area contributed by atoms with Crippen molar-refractivity contribution in [1.82, 2.24) is 0 Å². The lowest BCUT2D eigenvalue weighted by atomic mass is 10.0. The van der Waals surface area contributed by atoms with Crippen LogP contribution < -0.4 is 5.73 Å². The third-order valence-corrected chi connectivity index (χ3v) is 2.18. The number of hydrogen-bond acceptors (Lipinski definition) is 2. The molecular weight excluding hydrogens is 193 g/mol. The maximum absolute atomic E-state index is 12.8. The third-order valence-electron chi connectivity index (χ3n) is 1.86. The molecule has 0 spiro atoms. The molecule has 4 heteroatoms. The van der Waals surface area contributed by atoms with E-state index in [0.29, 0.717) is 11.3 Å². The molecule has 0 heterocycles. The van der Waals surface area contributed by atoms with Gasteiger partial charge in [-0.25, -0.2) is 4.39 Å². The first-order chi connectivity index (χ1) is 6.02. The monoisotopic (exact) mass is 201 g/mol. The molecule has 1 rings (SSSR count). The molecule has 0 bridgehead atoms. The lowest BCUT2D eigenvalue weighted by molar-refractivity contribution is -0.112. The van der Waals surface area contributed by atoms with Crippen molar-refractivity contribution in [3.05, 3.63) is 29.6 Å². The molecule has 0 saturated carbocycles. The molecule has 1 atom stereocenters. The van der Waals surface area contributed by atoms with Gasteiger partial charge in [-0.1, -0.05) is 6.92 Å². The van der Waals surface area contributed by atoms with Crippen LogP contribution in [0.5, 0.6) is 0 Å². The maximum Gasteiger partial charge on any atom is 0.228 e. The number of carbonyl (C=O) groups is 1. The predicted octanol–water partition coefficient (Wildman–Crippen LogP) is 2.28. The van der Waals surface area contributed by atoms with Crippen molar-refractivity contribution in [3.8, 4) is 0 Å². The van der Waals surface area contributed by atoms with E-state index in [4.69, 9.17) is 17.3 Å². The summed E-state index contributed by atoms with van der Waals surface area (Å²) in [6.07, 6.45) is 0. The molecule has 1 aromatic carbocycles. The Balaban J connectivity index is 3.12. The van der Waals surface area contributed by atoms with E-state index < -0.39 is 17.0 Å². The van der Waals surface area contributed by atoms with Crippen molar-refractivity contribution in [2.24, 2.45) is 0 Å². The summed E-state index contributed by atoms with van der Waals surface area (Å²) in [7, 11) is 0. The van der Waals surface area contributed by atoms with Crippen molar-refractivity contribution in [2.75, 3.05) is 5.73 Å². The summed E-state index contributed by atoms with van der Waals surface area (Å²) in [5, 5.41) is -0.544. The van der Waals surface area contributed by atoms with Crippen LogP contribution in [-0.4, -0.2) is 5.24 Å². The van der Waals surface area contributed by atoms with Gasteiger partial charge in [-0.2, -0.15) is 0 Å². The number of hydrogen-bond donors (Lipinski definition) is 1. The van der Waals surface area contributed by atoms with E-state index in [0.717, 1.165) is 0 Å². The number of nitrogen functional groups attached to an aromatic ring is 1. The van der Waals surface area contributed by atoms with Gasteiger partial charge in [-0.3, -0.25) is 4.79 Å². The molecule has 0 aliphatic rings. The Morgan fingerprint density at radius 1 is 1.62 bits per heavy atom. The lowest BCUT2D eigenvalue weighted by Crippen LogP contribution is -2.05. The van der Waals surface area contributed by atoms with Gasteiger partial charge in [0.2, 0.25) is 5.24 Å². The molecule has 0 aliphatic carbocycles. The highest BCUT2D eigenvalue weighted by Gasteiger charge is 2.15. The zero-order valence-corrected chi connectivity index (χ0v) is 7.81. The van der Waals surface area contributed by atoms with Gasteiger partial charge in [0.1, 0.15) is 5.82 Å². The van der Waals surface area contributed by atoms with Gasteiger partial charge >= 0.3 is 0 Å². The van der Waals surface area contributed by atoms with Gasteiger partial charge in [0, 0.05) is 5.69 Å². The Hall–Kier alpha value is -1.09. The van der Waals surface area contributed by atoms with Crippen molar-refractivity contribution in [1.29, 1.82) is 0 Å². The van der Waals surface area contributed by atoms with E-state index in [1.165, 1.54) is 18.2 Å². The molecule has 0 saturated heterocycles. The van der Waals surface area contributed by atoms with Crippen LogP contribution in [0.4, 0.5) is 10.1 Å². The largest absolute Gasteiger partial charge is 0.398 e. The summed E-state index contributed by atoms with van der Waals surface area (Å²) in [5.74, 6) is -0.994. The highest BCUT2D eigenvalue weighted by atomic mass is 35.5. The Labute approximate surface area is 80.5 Å².